The van der Waals surface area contributed by atoms with Gasteiger partial charge in [-0.2, -0.15) is 0 Å². The molecule has 3 heterocycles. The summed E-state index contributed by atoms with van der Waals surface area (Å²) in [6.45, 7) is 4.42. The molecule has 0 aliphatic heterocycles. The van der Waals surface area contributed by atoms with E-state index in [0.717, 1.165) is 31.7 Å². The van der Waals surface area contributed by atoms with Gasteiger partial charge in [-0.15, -0.1) is 10.2 Å². The molecule has 0 unspecified atom stereocenters. The zero-order chi connectivity index (χ0) is 18.3. The van der Waals surface area contributed by atoms with Crippen molar-refractivity contribution in [2.24, 2.45) is 5.92 Å². The van der Waals surface area contributed by atoms with Crippen molar-refractivity contribution in [1.82, 2.24) is 24.6 Å². The molecule has 1 aliphatic rings. The van der Waals surface area contributed by atoms with Crippen LogP contribution in [-0.4, -0.2) is 30.5 Å². The first-order chi connectivity index (χ1) is 12.6. The average Bonchev–Trinajstić information content (AvgIpc) is 3.28. The Morgan fingerprint density at radius 1 is 1.42 bits per heavy atom. The molecule has 26 heavy (non-hydrogen) atoms. The van der Waals surface area contributed by atoms with Crippen molar-refractivity contribution in [3.8, 4) is 0 Å². The van der Waals surface area contributed by atoms with Gasteiger partial charge in [-0.3, -0.25) is 14.5 Å². The number of anilines is 1. The van der Waals surface area contributed by atoms with Crippen molar-refractivity contribution < 1.29 is 9.18 Å². The second kappa shape index (κ2) is 6.44. The van der Waals surface area contributed by atoms with Crippen LogP contribution in [0.1, 0.15) is 54.2 Å². The molecule has 0 radical (unpaired) electrons. The Morgan fingerprint density at radius 3 is 2.92 bits per heavy atom. The van der Waals surface area contributed by atoms with Crippen LogP contribution in [-0.2, 0) is 6.42 Å². The average molecular weight is 354 g/mol. The first-order valence-corrected chi connectivity index (χ1v) is 8.73. The van der Waals surface area contributed by atoms with Crippen LogP contribution in [0, 0.1) is 11.7 Å². The fourth-order valence-corrected chi connectivity index (χ4v) is 3.68. The molecule has 3 aromatic rings. The number of carbonyl (C=O) groups excluding carboxylic acids is 1. The third kappa shape index (κ3) is 2.71. The summed E-state index contributed by atoms with van der Waals surface area (Å²) in [4.78, 5) is 20.3. The molecule has 8 heteroatoms. The second-order valence-electron chi connectivity index (χ2n) is 6.69. The number of rotatable bonds is 4. The monoisotopic (exact) mass is 354 g/mol. The minimum Gasteiger partial charge on any atom is -0.290 e. The highest BCUT2D eigenvalue weighted by molar-refractivity contribution is 6.07. The van der Waals surface area contributed by atoms with E-state index in [-0.39, 0.29) is 11.9 Å². The van der Waals surface area contributed by atoms with E-state index in [4.69, 9.17) is 0 Å². The number of nitrogens with zero attached hydrogens (tertiary/aromatic N) is 5. The third-order valence-electron chi connectivity index (χ3n) is 5.23. The van der Waals surface area contributed by atoms with Crippen LogP contribution in [0.3, 0.4) is 0 Å². The van der Waals surface area contributed by atoms with Gasteiger partial charge in [-0.25, -0.2) is 14.4 Å². The molecule has 2 atom stereocenters. The lowest BCUT2D eigenvalue weighted by atomic mass is 9.87. The summed E-state index contributed by atoms with van der Waals surface area (Å²) in [6, 6.07) is 1.92. The van der Waals surface area contributed by atoms with Crippen LogP contribution >= 0.6 is 0 Å². The van der Waals surface area contributed by atoms with E-state index in [1.165, 1.54) is 11.3 Å². The van der Waals surface area contributed by atoms with Crippen molar-refractivity contribution in [3.05, 3.63) is 47.4 Å². The van der Waals surface area contributed by atoms with Crippen LogP contribution in [0.15, 0.2) is 24.8 Å². The Balaban J connectivity index is 1.75. The lowest BCUT2D eigenvalue weighted by molar-refractivity contribution is 0.102. The van der Waals surface area contributed by atoms with Gasteiger partial charge in [-0.1, -0.05) is 20.3 Å². The zero-order valence-electron chi connectivity index (χ0n) is 14.6. The van der Waals surface area contributed by atoms with Gasteiger partial charge in [0.05, 0.1) is 18.0 Å². The standard InChI is InChI=1S/C18H19FN6O/c1-3-10(2)12-4-5-15-13(12)6-14(16-24-22-9-25(15)16)17(26)23-18-20-7-11(19)8-21-18/h6-10,12H,3-5H2,1-2H3,(H,20,21,23,26)/t10-,12+/m1/s1. The van der Waals surface area contributed by atoms with Crippen LogP contribution in [0.4, 0.5) is 10.3 Å². The summed E-state index contributed by atoms with van der Waals surface area (Å²) in [5.41, 5.74) is 3.28. The molecule has 7 nitrogen and oxygen atoms in total. The van der Waals surface area contributed by atoms with Crippen molar-refractivity contribution in [2.45, 2.75) is 39.0 Å². The van der Waals surface area contributed by atoms with E-state index in [2.05, 4.69) is 39.3 Å². The Kier molecular flexibility index (Phi) is 4.10. The van der Waals surface area contributed by atoms with Gasteiger partial charge < -0.3 is 0 Å². The van der Waals surface area contributed by atoms with Gasteiger partial charge in [0.15, 0.2) is 11.5 Å². The molecule has 0 aromatic carbocycles. The van der Waals surface area contributed by atoms with E-state index in [1.54, 1.807) is 6.33 Å². The van der Waals surface area contributed by atoms with E-state index in [1.807, 2.05) is 10.5 Å². The van der Waals surface area contributed by atoms with Crippen molar-refractivity contribution in [2.75, 3.05) is 5.32 Å². The minimum atomic E-state index is -0.559. The van der Waals surface area contributed by atoms with Crippen molar-refractivity contribution in [3.63, 3.8) is 0 Å². The summed E-state index contributed by atoms with van der Waals surface area (Å²) in [5, 5.41) is 10.7. The van der Waals surface area contributed by atoms with E-state index < -0.39 is 5.82 Å². The number of aromatic nitrogens is 5. The number of pyridine rings is 1. The molecule has 0 saturated heterocycles. The van der Waals surface area contributed by atoms with E-state index in [9.17, 15) is 9.18 Å². The number of carbonyl (C=O) groups is 1. The molecule has 4 rings (SSSR count). The van der Waals surface area contributed by atoms with Crippen LogP contribution in [0.5, 0.6) is 0 Å². The molecule has 3 aromatic heterocycles. The quantitative estimate of drug-likeness (QED) is 0.778. The van der Waals surface area contributed by atoms with Crippen molar-refractivity contribution in [1.29, 1.82) is 0 Å². The molecule has 1 aliphatic carbocycles. The summed E-state index contributed by atoms with van der Waals surface area (Å²) >= 11 is 0. The molecule has 134 valence electrons. The first kappa shape index (κ1) is 16.6. The topological polar surface area (TPSA) is 85.1 Å². The Bertz CT molecular complexity index is 968. The lowest BCUT2D eigenvalue weighted by Gasteiger charge is -2.19. The number of nitrogens with one attached hydrogen (secondary N) is 1. The Morgan fingerprint density at radius 2 is 2.19 bits per heavy atom. The summed E-state index contributed by atoms with van der Waals surface area (Å²) in [5.74, 6) is 0.0500. The molecular formula is C18H19FN6O. The van der Waals surface area contributed by atoms with Gasteiger partial charge in [0, 0.05) is 5.69 Å². The Hall–Kier alpha value is -2.90. The predicted octanol–water partition coefficient (Wildman–Crippen LogP) is 2.99. The fourth-order valence-electron chi connectivity index (χ4n) is 3.68. The van der Waals surface area contributed by atoms with Crippen LogP contribution < -0.4 is 5.32 Å². The number of fused-ring (bicyclic) bond motifs is 3. The second-order valence-corrected chi connectivity index (χ2v) is 6.69. The van der Waals surface area contributed by atoms with Gasteiger partial charge in [0.2, 0.25) is 5.95 Å². The maximum Gasteiger partial charge on any atom is 0.261 e. The van der Waals surface area contributed by atoms with Crippen molar-refractivity contribution >= 4 is 17.5 Å². The minimum absolute atomic E-state index is 0.0491. The molecule has 1 N–H and O–H groups in total. The maximum absolute atomic E-state index is 13.0. The lowest BCUT2D eigenvalue weighted by Crippen LogP contribution is -2.17. The van der Waals surface area contributed by atoms with Gasteiger partial charge >= 0.3 is 0 Å². The maximum atomic E-state index is 13.0. The number of hydrogen-bond donors (Lipinski definition) is 1. The van der Waals surface area contributed by atoms with E-state index in [0.29, 0.717) is 23.0 Å². The highest BCUT2D eigenvalue weighted by Crippen LogP contribution is 2.40. The summed E-state index contributed by atoms with van der Waals surface area (Å²) < 4.78 is 14.9. The molecule has 0 bridgehead atoms. The number of aryl methyl sites for hydroxylation is 1. The highest BCUT2D eigenvalue weighted by Gasteiger charge is 2.31. The summed E-state index contributed by atoms with van der Waals surface area (Å²) in [6.07, 6.45) is 6.76. The van der Waals surface area contributed by atoms with Gasteiger partial charge in [0.25, 0.3) is 5.91 Å². The smallest absolute Gasteiger partial charge is 0.261 e. The number of halogens is 1. The van der Waals surface area contributed by atoms with Crippen LogP contribution in [0.2, 0.25) is 0 Å². The largest absolute Gasteiger partial charge is 0.290 e. The molecule has 0 fully saturated rings. The summed E-state index contributed by atoms with van der Waals surface area (Å²) in [7, 11) is 0. The molecular weight excluding hydrogens is 335 g/mol. The third-order valence-corrected chi connectivity index (χ3v) is 5.23. The first-order valence-electron chi connectivity index (χ1n) is 8.73. The predicted molar refractivity (Wildman–Crippen MR) is 93.4 cm³/mol. The number of hydrogen-bond acceptors (Lipinski definition) is 5. The van der Waals surface area contributed by atoms with Gasteiger partial charge in [-0.05, 0) is 36.3 Å². The Labute approximate surface area is 149 Å². The SMILES string of the molecule is CC[C@@H](C)[C@@H]1CCc2c1cc(C(=O)Nc1ncc(F)cn1)c1nncn21. The molecule has 0 saturated carbocycles. The molecule has 0 spiro atoms. The van der Waals surface area contributed by atoms with E-state index >= 15 is 0 Å². The van der Waals surface area contributed by atoms with Gasteiger partial charge in [0.1, 0.15) is 6.33 Å². The highest BCUT2D eigenvalue weighted by atomic mass is 19.1. The zero-order valence-corrected chi connectivity index (χ0v) is 14.6. The van der Waals surface area contributed by atoms with Crippen LogP contribution in [0.25, 0.3) is 5.65 Å². The number of amides is 1. The normalized spacial score (nSPS) is 17.3. The molecule has 1 amide bonds. The fraction of sp³-hybridized carbons (Fsp3) is 0.389.